The van der Waals surface area contributed by atoms with Crippen LogP contribution in [0.5, 0.6) is 11.6 Å². The molecule has 2 bridgehead atoms. The number of amides is 2. The molecule has 0 spiro atoms. The maximum Gasteiger partial charge on any atom is 0.306 e. The van der Waals surface area contributed by atoms with Crippen LogP contribution >= 0.6 is 0 Å². The van der Waals surface area contributed by atoms with Gasteiger partial charge in [-0.15, -0.1) is 6.58 Å². The van der Waals surface area contributed by atoms with E-state index in [1.807, 2.05) is 41.2 Å². The van der Waals surface area contributed by atoms with Gasteiger partial charge in [0.1, 0.15) is 24.6 Å². The number of hydrogen-bond acceptors (Lipinski definition) is 11. The van der Waals surface area contributed by atoms with Crippen molar-refractivity contribution >= 4 is 44.5 Å². The Bertz CT molecular complexity index is 2360. The molecule has 4 aliphatic carbocycles. The quantitative estimate of drug-likeness (QED) is 0.157. The number of hydrogen-bond donors (Lipinski definition) is 1. The summed E-state index contributed by atoms with van der Waals surface area (Å²) in [6, 6.07) is 8.61. The molecule has 63 heavy (non-hydrogen) atoms. The van der Waals surface area contributed by atoms with Crippen LogP contribution in [0.15, 0.2) is 67.5 Å². The van der Waals surface area contributed by atoms with Crippen LogP contribution in [0, 0.1) is 29.1 Å². The predicted molar refractivity (Wildman–Crippen MR) is 234 cm³/mol. The number of para-hydroxylation sites is 1. The summed E-state index contributed by atoms with van der Waals surface area (Å²) in [4.78, 5) is 64.3. The highest BCUT2D eigenvalue weighted by Crippen LogP contribution is 2.57. The molecule has 2 amide bonds. The van der Waals surface area contributed by atoms with Crippen molar-refractivity contribution in [3.05, 3.63) is 73.1 Å². The van der Waals surface area contributed by atoms with Crippen molar-refractivity contribution in [2.75, 3.05) is 13.2 Å². The Kier molecular flexibility index (Phi) is 12.5. The van der Waals surface area contributed by atoms with E-state index < -0.39 is 50.6 Å². The second kappa shape index (κ2) is 18.2. The molecular formula is C48H59N5O9S. The van der Waals surface area contributed by atoms with Crippen molar-refractivity contribution in [2.24, 2.45) is 29.1 Å². The van der Waals surface area contributed by atoms with Crippen LogP contribution < -0.4 is 14.2 Å². The minimum absolute atomic E-state index is 0.0515. The lowest BCUT2D eigenvalue weighted by atomic mass is 9.86. The molecule has 14 nitrogen and oxygen atoms in total. The molecule has 3 aromatic rings. The first-order chi connectivity index (χ1) is 30.5. The Morgan fingerprint density at radius 1 is 0.984 bits per heavy atom. The Morgan fingerprint density at radius 2 is 1.79 bits per heavy atom. The monoisotopic (exact) mass is 881 g/mol. The first kappa shape index (κ1) is 43.2. The van der Waals surface area contributed by atoms with Crippen molar-refractivity contribution in [2.45, 2.75) is 133 Å². The molecular weight excluding hydrogens is 823 g/mol. The third-order valence-corrected chi connectivity index (χ3v) is 16.3. The summed E-state index contributed by atoms with van der Waals surface area (Å²) >= 11 is 0. The fraction of sp³-hybridized carbons (Fsp3) is 0.583. The summed E-state index contributed by atoms with van der Waals surface area (Å²) < 4.78 is 49.6. The van der Waals surface area contributed by atoms with Gasteiger partial charge in [-0.1, -0.05) is 43.2 Å². The Morgan fingerprint density at radius 3 is 2.56 bits per heavy atom. The first-order valence-corrected chi connectivity index (χ1v) is 24.6. The Labute approximate surface area is 369 Å². The molecule has 7 atom stereocenters. The van der Waals surface area contributed by atoms with Crippen molar-refractivity contribution in [1.29, 1.82) is 0 Å². The smallest absolute Gasteiger partial charge is 0.306 e. The lowest BCUT2D eigenvalue weighted by molar-refractivity contribution is -0.156. The first-order valence-electron chi connectivity index (χ1n) is 23.1. The third kappa shape index (κ3) is 9.30. The van der Waals surface area contributed by atoms with Gasteiger partial charge in [0.05, 0.1) is 53.2 Å². The van der Waals surface area contributed by atoms with Crippen molar-refractivity contribution in [1.82, 2.24) is 24.4 Å². The van der Waals surface area contributed by atoms with E-state index in [2.05, 4.69) is 28.6 Å². The molecule has 15 heteroatoms. The van der Waals surface area contributed by atoms with Gasteiger partial charge in [0.2, 0.25) is 27.7 Å². The van der Waals surface area contributed by atoms with Crippen molar-refractivity contribution < 1.29 is 41.8 Å². The van der Waals surface area contributed by atoms with E-state index >= 15 is 4.79 Å². The molecule has 1 saturated heterocycles. The normalized spacial score (nSPS) is 29.7. The number of rotatable bonds is 12. The van der Waals surface area contributed by atoms with E-state index in [9.17, 15) is 22.8 Å². The highest BCUT2D eigenvalue weighted by atomic mass is 32.2. The van der Waals surface area contributed by atoms with Crippen LogP contribution in [-0.4, -0.2) is 88.3 Å². The molecule has 0 unspecified atom stereocenters. The highest BCUT2D eigenvalue weighted by Gasteiger charge is 2.61. The van der Waals surface area contributed by atoms with E-state index in [1.165, 1.54) is 0 Å². The van der Waals surface area contributed by atoms with E-state index in [0.717, 1.165) is 68.7 Å². The van der Waals surface area contributed by atoms with E-state index in [0.29, 0.717) is 49.6 Å². The molecule has 9 rings (SSSR count). The molecule has 1 N–H and O–H groups in total. The number of sulfonamides is 1. The predicted octanol–water partition coefficient (Wildman–Crippen LogP) is 6.42. The number of nitrogens with one attached hydrogen (secondary N) is 1. The van der Waals surface area contributed by atoms with Gasteiger partial charge < -0.3 is 19.1 Å². The molecule has 2 aliphatic heterocycles. The lowest BCUT2D eigenvalue weighted by Gasteiger charge is -2.31. The second-order valence-corrected chi connectivity index (χ2v) is 20.7. The zero-order chi connectivity index (χ0) is 43.7. The minimum atomic E-state index is -3.87. The minimum Gasteiger partial charge on any atom is -0.490 e. The summed E-state index contributed by atoms with van der Waals surface area (Å²) in [5.41, 5.74) is 0.116. The standard InChI is InChI=1S/C48H59N5O9S/c1-2-33-28-48(33,47(57)51-63(58,59)35-20-21-35)29-41(54)40-26-34-30-53(40)46(56)38(31-12-6-7-13-31)27-43(55)62-42-19-10-15-32(42)14-4-3-5-17-37-44(60-25-24-52-23-11-22-49-52)36-16-8-9-18-39(36)50-45(37)61-34/h2-3,5,8-9,11,16,18,22-23,31-35,38,40,42H,1,4,6-7,10,12-15,17,19-21,24-30H2,(H,51,57)/b5-3+/t32-,33-,34-,38+,40+,42-,48-/m1/s1. The number of ether oxygens (including phenoxy) is 3. The maximum atomic E-state index is 15.2. The van der Waals surface area contributed by atoms with Crippen molar-refractivity contribution in [3.63, 3.8) is 0 Å². The van der Waals surface area contributed by atoms with Crippen LogP contribution in [0.2, 0.25) is 0 Å². The summed E-state index contributed by atoms with van der Waals surface area (Å²) in [6.07, 6.45) is 17.9. The zero-order valence-electron chi connectivity index (χ0n) is 35.9. The van der Waals surface area contributed by atoms with Gasteiger partial charge >= 0.3 is 5.97 Å². The average molecular weight is 882 g/mol. The van der Waals surface area contributed by atoms with Gasteiger partial charge in [-0.2, -0.15) is 5.10 Å². The van der Waals surface area contributed by atoms with Crippen molar-refractivity contribution in [3.8, 4) is 11.6 Å². The van der Waals surface area contributed by atoms with Gasteiger partial charge in [0.15, 0.2) is 5.78 Å². The molecule has 5 fully saturated rings. The average Bonchev–Trinajstić information content (AvgIpc) is 3.85. The molecule has 0 radical (unpaired) electrons. The van der Waals surface area contributed by atoms with Gasteiger partial charge in [-0.25, -0.2) is 13.4 Å². The Balaban J connectivity index is 1.07. The van der Waals surface area contributed by atoms with Gasteiger partial charge in [-0.3, -0.25) is 28.6 Å². The topological polar surface area (TPSA) is 176 Å². The Hall–Kier alpha value is -5.05. The maximum absolute atomic E-state index is 15.2. The highest BCUT2D eigenvalue weighted by molar-refractivity contribution is 7.90. The number of carbonyl (C=O) groups excluding carboxylic acids is 4. The van der Waals surface area contributed by atoms with Crippen LogP contribution in [-0.2, 0) is 46.9 Å². The number of allylic oxidation sites excluding steroid dienone is 3. The number of benzene rings is 1. The van der Waals surface area contributed by atoms with Crippen LogP contribution in [0.25, 0.3) is 10.9 Å². The summed E-state index contributed by atoms with van der Waals surface area (Å²) in [6.45, 7) is 4.79. The number of carbonyl (C=O) groups is 4. The summed E-state index contributed by atoms with van der Waals surface area (Å²) in [5, 5.41) is 4.56. The van der Waals surface area contributed by atoms with Gasteiger partial charge in [0, 0.05) is 30.6 Å². The lowest BCUT2D eigenvalue weighted by Crippen LogP contribution is -2.47. The number of pyridine rings is 1. The summed E-state index contributed by atoms with van der Waals surface area (Å²) in [5.74, 6) is -1.68. The molecule has 6 aliphatic rings. The van der Waals surface area contributed by atoms with Crippen LogP contribution in [0.1, 0.15) is 102 Å². The van der Waals surface area contributed by atoms with Gasteiger partial charge in [0.25, 0.3) is 0 Å². The largest absolute Gasteiger partial charge is 0.490 e. The molecule has 2 aromatic heterocycles. The number of Topliss-reactive ketones (excluding diaryl/α,β-unsaturated/α-hetero) is 1. The number of nitrogens with zero attached hydrogens (tertiary/aromatic N) is 4. The fourth-order valence-electron chi connectivity index (χ4n) is 10.8. The second-order valence-electron chi connectivity index (χ2n) is 18.7. The molecule has 1 aromatic carbocycles. The zero-order valence-corrected chi connectivity index (χ0v) is 36.7. The van der Waals surface area contributed by atoms with Crippen LogP contribution in [0.4, 0.5) is 0 Å². The number of esters is 1. The molecule has 4 heterocycles. The van der Waals surface area contributed by atoms with Gasteiger partial charge in [-0.05, 0) is 107 Å². The SMILES string of the molecule is C=C[C@@H]1C[C@]1(CC(=O)[C@@H]1C[C@@H]2CN1C(=O)[C@H](C1CCCC1)CC(=O)O[C@@H]1CCC[C@H]1CC/C=C/Cc1c(nc3ccccc3c1OCCn1cccn1)O2)C(=O)NS(=O)(=O)C1CC1. The molecule has 4 saturated carbocycles. The third-order valence-electron chi connectivity index (χ3n) is 14.5. The van der Waals surface area contributed by atoms with E-state index in [1.54, 1.807) is 17.2 Å². The van der Waals surface area contributed by atoms with E-state index in [4.69, 9.17) is 19.2 Å². The number of ketones is 1. The van der Waals surface area contributed by atoms with Crippen LogP contribution in [0.3, 0.4) is 0 Å². The fourth-order valence-corrected chi connectivity index (χ4v) is 12.1. The van der Waals surface area contributed by atoms with E-state index in [-0.39, 0.29) is 67.8 Å². The summed E-state index contributed by atoms with van der Waals surface area (Å²) in [7, 11) is -3.87. The number of aromatic nitrogens is 3. The molecule has 336 valence electrons. The number of fused-ring (bicyclic) bond motifs is 5.